The first-order valence-electron chi connectivity index (χ1n) is 17.0. The van der Waals surface area contributed by atoms with Crippen LogP contribution in [0.25, 0.3) is 0 Å². The lowest BCUT2D eigenvalue weighted by molar-refractivity contribution is -0.210. The predicted molar refractivity (Wildman–Crippen MR) is 180 cm³/mol. The number of hydrogen-bond acceptors (Lipinski definition) is 4. The van der Waals surface area contributed by atoms with Gasteiger partial charge >= 0.3 is 5.97 Å². The number of fused-ring (bicyclic) bond motifs is 7. The third-order valence-electron chi connectivity index (χ3n) is 14.5. The Balaban J connectivity index is 1.34. The Labute approximate surface area is 279 Å². The Hall–Kier alpha value is -1.85. The minimum Gasteiger partial charge on any atom is -0.462 e. The molecule has 7 heteroatoms. The van der Waals surface area contributed by atoms with Crippen LogP contribution in [-0.4, -0.2) is 23.8 Å². The van der Waals surface area contributed by atoms with Crippen LogP contribution in [0.15, 0.2) is 29.8 Å². The summed E-state index contributed by atoms with van der Waals surface area (Å²) in [7, 11) is 0. The molecule has 0 heterocycles. The van der Waals surface area contributed by atoms with Crippen molar-refractivity contribution in [2.45, 2.75) is 119 Å². The van der Waals surface area contributed by atoms with Gasteiger partial charge in [-0.2, -0.15) is 0 Å². The van der Waals surface area contributed by atoms with E-state index in [-0.39, 0.29) is 62.7 Å². The number of carbonyl (C=O) groups excluding carboxylic acids is 3. The van der Waals surface area contributed by atoms with Gasteiger partial charge in [-0.15, -0.1) is 0 Å². The highest BCUT2D eigenvalue weighted by molar-refractivity contribution is 6.42. The quantitative estimate of drug-likeness (QED) is 0.329. The summed E-state index contributed by atoms with van der Waals surface area (Å²) in [5.41, 5.74) is 0.752. The number of ketones is 1. The second-order valence-corrected chi connectivity index (χ2v) is 18.1. The summed E-state index contributed by atoms with van der Waals surface area (Å²) in [5.74, 6) is 0.435. The van der Waals surface area contributed by atoms with Gasteiger partial charge in [0.2, 0.25) is 5.91 Å². The molecule has 5 aliphatic carbocycles. The van der Waals surface area contributed by atoms with Gasteiger partial charge in [-0.05, 0) is 116 Å². The number of carbonyl (C=O) groups is 3. The summed E-state index contributed by atoms with van der Waals surface area (Å²) in [6, 6.07) is 5.21. The van der Waals surface area contributed by atoms with E-state index >= 15 is 0 Å². The largest absolute Gasteiger partial charge is 0.462 e. The number of hydrogen-bond donors (Lipinski definition) is 1. The summed E-state index contributed by atoms with van der Waals surface area (Å²) in [6.07, 6.45) is 10.3. The molecule has 0 saturated heterocycles. The molecule has 6 rings (SSSR count). The topological polar surface area (TPSA) is 72.5 Å². The molecular formula is C38H51Cl2NO4. The summed E-state index contributed by atoms with van der Waals surface area (Å²) in [6.45, 7) is 17.7. The van der Waals surface area contributed by atoms with Crippen molar-refractivity contribution in [2.24, 2.45) is 50.2 Å². The van der Waals surface area contributed by atoms with E-state index in [4.69, 9.17) is 27.9 Å². The minimum atomic E-state index is -0.570. The van der Waals surface area contributed by atoms with Crippen molar-refractivity contribution in [3.63, 3.8) is 0 Å². The lowest BCUT2D eigenvalue weighted by Gasteiger charge is -2.70. The number of halogens is 2. The number of anilines is 1. The highest BCUT2D eigenvalue weighted by atomic mass is 35.5. The van der Waals surface area contributed by atoms with Crippen LogP contribution in [-0.2, 0) is 19.1 Å². The number of amides is 1. The molecular weight excluding hydrogens is 605 g/mol. The highest BCUT2D eigenvalue weighted by Gasteiger charge is 2.70. The third kappa shape index (κ3) is 4.79. The van der Waals surface area contributed by atoms with Crippen molar-refractivity contribution in [1.29, 1.82) is 0 Å². The van der Waals surface area contributed by atoms with E-state index < -0.39 is 5.41 Å². The van der Waals surface area contributed by atoms with Crippen molar-refractivity contribution < 1.29 is 19.1 Å². The van der Waals surface area contributed by atoms with Gasteiger partial charge in [0.15, 0.2) is 5.78 Å². The fourth-order valence-corrected chi connectivity index (χ4v) is 11.9. The van der Waals surface area contributed by atoms with Crippen molar-refractivity contribution in [3.8, 4) is 0 Å². The van der Waals surface area contributed by atoms with E-state index in [1.807, 2.05) is 0 Å². The van der Waals surface area contributed by atoms with Crippen molar-refractivity contribution >= 4 is 46.5 Å². The standard InChI is InChI=1S/C38H51Cl2NO4/c1-22(42)45-30-12-13-36(6)29(33(30,2)3)11-14-38(8)31(36)28(43)20-24-25-21-35(5,16-15-34(25,4)17-18-37(24,38)7)32(44)41-23-9-10-26(39)27(40)19-23/h9-10,19-20,25,29-31H,11-18,21H2,1-8H3,(H,41,44)/t25-,29-,30-,31-,34-,35+,36-,37+,38-/m1/s1. The molecule has 0 spiro atoms. The Morgan fingerprint density at radius 1 is 0.889 bits per heavy atom. The molecule has 0 unspecified atom stereocenters. The molecule has 1 aromatic carbocycles. The molecule has 0 aromatic heterocycles. The predicted octanol–water partition coefficient (Wildman–Crippen LogP) is 9.84. The first-order valence-corrected chi connectivity index (χ1v) is 17.8. The van der Waals surface area contributed by atoms with Crippen molar-refractivity contribution in [1.82, 2.24) is 0 Å². The van der Waals surface area contributed by atoms with Crippen molar-refractivity contribution in [3.05, 3.63) is 39.9 Å². The lowest BCUT2D eigenvalue weighted by Crippen LogP contribution is -2.66. The molecule has 4 fully saturated rings. The molecule has 1 aromatic rings. The average Bonchev–Trinajstić information content (AvgIpc) is 2.94. The Morgan fingerprint density at radius 3 is 2.24 bits per heavy atom. The molecule has 45 heavy (non-hydrogen) atoms. The van der Waals surface area contributed by atoms with Crippen LogP contribution in [0.2, 0.25) is 10.0 Å². The van der Waals surface area contributed by atoms with Crippen LogP contribution < -0.4 is 5.32 Å². The highest BCUT2D eigenvalue weighted by Crippen LogP contribution is 2.75. The Kier molecular flexibility index (Phi) is 7.77. The third-order valence-corrected chi connectivity index (χ3v) is 15.3. The molecule has 4 saturated carbocycles. The summed E-state index contributed by atoms with van der Waals surface area (Å²) >= 11 is 12.4. The lowest BCUT2D eigenvalue weighted by atomic mass is 9.33. The molecule has 1 N–H and O–H groups in total. The van der Waals surface area contributed by atoms with E-state index in [1.165, 1.54) is 12.5 Å². The van der Waals surface area contributed by atoms with Crippen LogP contribution in [0.1, 0.15) is 113 Å². The van der Waals surface area contributed by atoms with Gasteiger partial charge in [0.1, 0.15) is 6.10 Å². The van der Waals surface area contributed by atoms with Gasteiger partial charge in [-0.1, -0.05) is 77.2 Å². The van der Waals surface area contributed by atoms with E-state index in [0.29, 0.717) is 21.7 Å². The van der Waals surface area contributed by atoms with Crippen LogP contribution in [0, 0.1) is 50.2 Å². The van der Waals surface area contributed by atoms with Gasteiger partial charge < -0.3 is 10.1 Å². The molecule has 1 amide bonds. The first kappa shape index (κ1) is 33.1. The van der Waals surface area contributed by atoms with Crippen LogP contribution >= 0.6 is 23.2 Å². The zero-order valence-electron chi connectivity index (χ0n) is 28.4. The average molecular weight is 657 g/mol. The minimum absolute atomic E-state index is 0.00169. The van der Waals surface area contributed by atoms with Gasteiger partial charge in [0, 0.05) is 29.4 Å². The summed E-state index contributed by atoms with van der Waals surface area (Å²) in [5, 5.41) is 4.01. The van der Waals surface area contributed by atoms with Crippen LogP contribution in [0.3, 0.4) is 0 Å². The molecule has 5 nitrogen and oxygen atoms in total. The van der Waals surface area contributed by atoms with E-state index in [1.54, 1.807) is 18.2 Å². The second kappa shape index (κ2) is 10.6. The number of benzene rings is 1. The number of allylic oxidation sites excluding steroid dienone is 2. The maximum Gasteiger partial charge on any atom is 0.302 e. The smallest absolute Gasteiger partial charge is 0.302 e. The number of nitrogens with one attached hydrogen (secondary N) is 1. The normalized spacial score (nSPS) is 43.5. The first-order chi connectivity index (χ1) is 20.8. The zero-order chi connectivity index (χ0) is 33.0. The fourth-order valence-electron chi connectivity index (χ4n) is 11.6. The van der Waals surface area contributed by atoms with Crippen molar-refractivity contribution in [2.75, 3.05) is 5.32 Å². The van der Waals surface area contributed by atoms with E-state index in [9.17, 15) is 14.4 Å². The maximum atomic E-state index is 14.7. The van der Waals surface area contributed by atoms with Gasteiger partial charge in [0.25, 0.3) is 0 Å². The second-order valence-electron chi connectivity index (χ2n) is 17.3. The number of ether oxygens (including phenoxy) is 1. The number of esters is 1. The van der Waals surface area contributed by atoms with Gasteiger partial charge in [0.05, 0.1) is 10.0 Å². The maximum absolute atomic E-state index is 14.7. The molecule has 0 aliphatic heterocycles. The summed E-state index contributed by atoms with van der Waals surface area (Å²) in [4.78, 5) is 40.6. The number of rotatable bonds is 3. The Morgan fingerprint density at radius 2 is 1.58 bits per heavy atom. The van der Waals surface area contributed by atoms with Gasteiger partial charge in [-0.25, -0.2) is 0 Å². The molecule has 0 bridgehead atoms. The monoisotopic (exact) mass is 655 g/mol. The summed E-state index contributed by atoms with van der Waals surface area (Å²) < 4.78 is 5.87. The van der Waals surface area contributed by atoms with Crippen LogP contribution in [0.5, 0.6) is 0 Å². The molecule has 9 atom stereocenters. The SMILES string of the molecule is CC(=O)O[C@@H]1CC[C@]2(C)[C@H](CC[C@]3(C)[C@@H]2C(=O)C=C2[C@H]4C[C@@](C)(C(=O)Nc5ccc(Cl)c(Cl)c5)CC[C@]4(C)CC[C@@]23C)C1(C)C. The fraction of sp³-hybridized carbons (Fsp3) is 0.711. The molecule has 0 radical (unpaired) electrons. The van der Waals surface area contributed by atoms with Crippen LogP contribution in [0.4, 0.5) is 5.69 Å². The molecule has 246 valence electrons. The van der Waals surface area contributed by atoms with E-state index in [0.717, 1.165) is 57.8 Å². The van der Waals surface area contributed by atoms with E-state index in [2.05, 4.69) is 59.9 Å². The van der Waals surface area contributed by atoms with Gasteiger partial charge in [-0.3, -0.25) is 14.4 Å². The Bertz CT molecular complexity index is 1490. The molecule has 5 aliphatic rings. The zero-order valence-corrected chi connectivity index (χ0v) is 29.9.